The highest BCUT2D eigenvalue weighted by Crippen LogP contribution is 2.32. The van der Waals surface area contributed by atoms with Gasteiger partial charge in [-0.25, -0.2) is 0 Å². The second kappa shape index (κ2) is 7.22. The second-order valence-electron chi connectivity index (χ2n) is 5.81. The van der Waals surface area contributed by atoms with Crippen LogP contribution < -0.4 is 14.3 Å². The number of phenolic OH excluding ortho intramolecular Hbond substituents is 1. The molecule has 0 bridgehead atoms. The zero-order valence-corrected chi connectivity index (χ0v) is 14.2. The van der Waals surface area contributed by atoms with Crippen LogP contribution in [0.4, 0.5) is 5.69 Å². The van der Waals surface area contributed by atoms with Crippen molar-refractivity contribution < 1.29 is 18.3 Å². The van der Waals surface area contributed by atoms with Crippen molar-refractivity contribution in [1.29, 1.82) is 0 Å². The number of carbonyl (C=O) groups is 1. The van der Waals surface area contributed by atoms with Crippen molar-refractivity contribution in [3.8, 4) is 5.75 Å². The third kappa shape index (κ3) is 3.98. The number of carbonyl (C=O) groups excluding carboxylic acids is 1. The Balaban J connectivity index is 1.73. The summed E-state index contributed by atoms with van der Waals surface area (Å²) in [5, 5.41) is 13.3. The summed E-state index contributed by atoms with van der Waals surface area (Å²) < 4.78 is 27.5. The molecule has 1 unspecified atom stereocenters. The van der Waals surface area contributed by atoms with Crippen molar-refractivity contribution in [1.82, 2.24) is 10.0 Å². The van der Waals surface area contributed by atoms with Crippen LogP contribution >= 0.6 is 0 Å². The lowest BCUT2D eigenvalue weighted by atomic mass is 10.1. The average molecular weight is 361 g/mol. The van der Waals surface area contributed by atoms with Crippen LogP contribution in [0.5, 0.6) is 5.75 Å². The number of hydrogen-bond donors (Lipinski definition) is 3. The molecule has 0 saturated carbocycles. The molecule has 0 aromatic heterocycles. The molecule has 3 rings (SSSR count). The highest BCUT2D eigenvalue weighted by Gasteiger charge is 2.36. The summed E-state index contributed by atoms with van der Waals surface area (Å²) >= 11 is 0. The number of phenols is 1. The van der Waals surface area contributed by atoms with Crippen LogP contribution in [0.25, 0.3) is 0 Å². The Bertz CT molecular complexity index is 855. The van der Waals surface area contributed by atoms with E-state index in [0.29, 0.717) is 19.4 Å². The van der Waals surface area contributed by atoms with E-state index < -0.39 is 16.3 Å². The molecule has 132 valence electrons. The molecule has 1 aliphatic heterocycles. The van der Waals surface area contributed by atoms with Crippen LogP contribution in [-0.2, 0) is 28.1 Å². The molecule has 0 aliphatic carbocycles. The predicted molar refractivity (Wildman–Crippen MR) is 94.3 cm³/mol. The predicted octanol–water partition coefficient (Wildman–Crippen LogP) is 0.904. The summed E-state index contributed by atoms with van der Waals surface area (Å²) in [7, 11) is -3.83. The monoisotopic (exact) mass is 361 g/mol. The minimum atomic E-state index is -3.83. The summed E-state index contributed by atoms with van der Waals surface area (Å²) in [5.74, 6) is -0.149. The molecule has 2 aromatic carbocycles. The van der Waals surface area contributed by atoms with E-state index in [0.717, 1.165) is 15.4 Å². The molecule has 3 N–H and O–H groups in total. The minimum absolute atomic E-state index is 0.0414. The summed E-state index contributed by atoms with van der Waals surface area (Å²) in [6.45, 7) is 1.15. The summed E-state index contributed by atoms with van der Waals surface area (Å²) in [4.78, 5) is 10.9. The number of rotatable bonds is 6. The van der Waals surface area contributed by atoms with Gasteiger partial charge in [0.2, 0.25) is 0 Å². The Morgan fingerprint density at radius 3 is 2.56 bits per heavy atom. The van der Waals surface area contributed by atoms with E-state index >= 15 is 0 Å². The largest absolute Gasteiger partial charge is 0.506 e. The molecule has 1 heterocycles. The maximum Gasteiger partial charge on any atom is 0.302 e. The van der Waals surface area contributed by atoms with Gasteiger partial charge in [-0.15, -0.1) is 0 Å². The van der Waals surface area contributed by atoms with Crippen LogP contribution in [0.3, 0.4) is 0 Å². The average Bonchev–Trinajstić information content (AvgIpc) is 2.92. The van der Waals surface area contributed by atoms with Gasteiger partial charge in [0.15, 0.2) is 0 Å². The molecule has 0 amide bonds. The van der Waals surface area contributed by atoms with Crippen molar-refractivity contribution in [2.75, 3.05) is 10.8 Å². The molecular weight excluding hydrogens is 342 g/mol. The number of nitrogens with one attached hydrogen (secondary N) is 2. The van der Waals surface area contributed by atoms with Crippen molar-refractivity contribution in [3.63, 3.8) is 0 Å². The summed E-state index contributed by atoms with van der Waals surface area (Å²) in [6.07, 6.45) is 0.542. The number of hydrogen-bond acceptors (Lipinski definition) is 5. The summed E-state index contributed by atoms with van der Waals surface area (Å²) in [5.41, 5.74) is 2.13. The third-order valence-electron chi connectivity index (χ3n) is 3.93. The van der Waals surface area contributed by atoms with Crippen LogP contribution in [0.15, 0.2) is 48.5 Å². The Hall–Kier alpha value is -2.42. The third-order valence-corrected chi connectivity index (χ3v) is 5.45. The number of benzene rings is 2. The van der Waals surface area contributed by atoms with Crippen LogP contribution in [0.1, 0.15) is 11.1 Å². The van der Waals surface area contributed by atoms with Crippen molar-refractivity contribution in [2.45, 2.75) is 19.1 Å². The van der Waals surface area contributed by atoms with E-state index in [9.17, 15) is 18.3 Å². The van der Waals surface area contributed by atoms with E-state index in [-0.39, 0.29) is 18.0 Å². The molecule has 25 heavy (non-hydrogen) atoms. The van der Waals surface area contributed by atoms with Gasteiger partial charge in [-0.1, -0.05) is 36.4 Å². The normalized spacial score (nSPS) is 19.0. The quantitative estimate of drug-likeness (QED) is 0.664. The maximum absolute atomic E-state index is 12.1. The van der Waals surface area contributed by atoms with Gasteiger partial charge in [0, 0.05) is 13.1 Å². The van der Waals surface area contributed by atoms with E-state index in [2.05, 4.69) is 10.0 Å². The molecule has 7 nitrogen and oxygen atoms in total. The Kier molecular flexibility index (Phi) is 5.03. The van der Waals surface area contributed by atoms with E-state index in [1.807, 2.05) is 30.3 Å². The molecule has 1 saturated heterocycles. The molecule has 0 radical (unpaired) electrons. The molecular formula is C17H19N3O4S. The van der Waals surface area contributed by atoms with Crippen molar-refractivity contribution >= 4 is 22.2 Å². The first-order valence-electron chi connectivity index (χ1n) is 7.81. The van der Waals surface area contributed by atoms with Crippen molar-refractivity contribution in [2.24, 2.45) is 0 Å². The Morgan fingerprint density at radius 1 is 1.16 bits per heavy atom. The minimum Gasteiger partial charge on any atom is -0.506 e. The Labute approximate surface area is 146 Å². The first-order valence-corrected chi connectivity index (χ1v) is 9.25. The topological polar surface area (TPSA) is 98.7 Å². The molecule has 0 spiro atoms. The highest BCUT2D eigenvalue weighted by molar-refractivity contribution is 7.91. The van der Waals surface area contributed by atoms with Crippen LogP contribution in [0.2, 0.25) is 0 Å². The zero-order chi connectivity index (χ0) is 17.9. The van der Waals surface area contributed by atoms with E-state index in [1.54, 1.807) is 12.1 Å². The Morgan fingerprint density at radius 2 is 1.88 bits per heavy atom. The van der Waals surface area contributed by atoms with Gasteiger partial charge in [-0.05, 0) is 23.3 Å². The lowest BCUT2D eigenvalue weighted by Gasteiger charge is -2.18. The second-order valence-corrected chi connectivity index (χ2v) is 7.44. The van der Waals surface area contributed by atoms with Gasteiger partial charge in [-0.3, -0.25) is 4.31 Å². The van der Waals surface area contributed by atoms with Gasteiger partial charge in [0.1, 0.15) is 12.0 Å². The zero-order valence-electron chi connectivity index (χ0n) is 13.4. The SMILES string of the molecule is O=CC1CN(c2cc(CNCc3ccccc3)ccc2O)S(=O)(=O)N1. The fourth-order valence-corrected chi connectivity index (χ4v) is 4.10. The molecule has 8 heteroatoms. The van der Waals surface area contributed by atoms with E-state index in [1.165, 1.54) is 6.07 Å². The first-order chi connectivity index (χ1) is 12.0. The lowest BCUT2D eigenvalue weighted by molar-refractivity contribution is -0.108. The van der Waals surface area contributed by atoms with Gasteiger partial charge < -0.3 is 15.2 Å². The van der Waals surface area contributed by atoms with Gasteiger partial charge >= 0.3 is 10.2 Å². The van der Waals surface area contributed by atoms with Gasteiger partial charge in [0.05, 0.1) is 18.3 Å². The van der Waals surface area contributed by atoms with Crippen LogP contribution in [0, 0.1) is 0 Å². The standard InChI is InChI=1S/C17H19N3O4S/c21-12-15-11-20(25(23,24)19-15)16-8-14(6-7-17(16)22)10-18-9-13-4-2-1-3-5-13/h1-8,12,15,18-19,22H,9-11H2. The fraction of sp³-hybridized carbons (Fsp3) is 0.235. The summed E-state index contributed by atoms with van der Waals surface area (Å²) in [6, 6.07) is 13.9. The number of aromatic hydroxyl groups is 1. The molecule has 1 aliphatic rings. The number of nitrogens with zero attached hydrogens (tertiary/aromatic N) is 1. The van der Waals surface area contributed by atoms with E-state index in [4.69, 9.17) is 0 Å². The van der Waals surface area contributed by atoms with Gasteiger partial charge in [0.25, 0.3) is 0 Å². The van der Waals surface area contributed by atoms with Crippen molar-refractivity contribution in [3.05, 3.63) is 59.7 Å². The van der Waals surface area contributed by atoms with Crippen LogP contribution in [-0.4, -0.2) is 32.4 Å². The number of aldehydes is 1. The lowest BCUT2D eigenvalue weighted by Crippen LogP contribution is -2.30. The van der Waals surface area contributed by atoms with Gasteiger partial charge in [-0.2, -0.15) is 13.1 Å². The molecule has 1 atom stereocenters. The molecule has 2 aromatic rings. The highest BCUT2D eigenvalue weighted by atomic mass is 32.2. The number of anilines is 1. The smallest absolute Gasteiger partial charge is 0.302 e. The first kappa shape index (κ1) is 17.4. The fourth-order valence-electron chi connectivity index (χ4n) is 2.69. The maximum atomic E-state index is 12.1. The molecule has 1 fully saturated rings.